The van der Waals surface area contributed by atoms with Gasteiger partial charge in [-0.3, -0.25) is 4.98 Å². The van der Waals surface area contributed by atoms with Crippen molar-refractivity contribution in [3.8, 4) is 6.07 Å². The van der Waals surface area contributed by atoms with Gasteiger partial charge in [0.2, 0.25) is 10.0 Å². The van der Waals surface area contributed by atoms with Gasteiger partial charge in [-0.15, -0.1) is 0 Å². The molecule has 0 saturated heterocycles. The zero-order chi connectivity index (χ0) is 14.8. The van der Waals surface area contributed by atoms with Crippen LogP contribution in [0, 0.1) is 18.3 Å². The molecule has 5 nitrogen and oxygen atoms in total. The lowest BCUT2D eigenvalue weighted by atomic mass is 10.1. The largest absolute Gasteiger partial charge is 0.256 e. The third-order valence-electron chi connectivity index (χ3n) is 2.97. The monoisotopic (exact) mass is 289 g/mol. The number of nitrogens with one attached hydrogen (secondary N) is 1. The van der Waals surface area contributed by atoms with E-state index in [1.54, 1.807) is 37.4 Å². The van der Waals surface area contributed by atoms with Gasteiger partial charge in [-0.1, -0.05) is 6.07 Å². The van der Waals surface area contributed by atoms with E-state index in [0.29, 0.717) is 10.9 Å². The number of fused-ring (bicyclic) bond motifs is 1. The van der Waals surface area contributed by atoms with Crippen molar-refractivity contribution in [2.75, 3.05) is 0 Å². The molecule has 1 aromatic heterocycles. The minimum absolute atomic E-state index is 0.126. The maximum Gasteiger partial charge on any atom is 0.241 e. The van der Waals surface area contributed by atoms with Gasteiger partial charge in [0.1, 0.15) is 0 Å². The van der Waals surface area contributed by atoms with Crippen molar-refractivity contribution in [3.05, 3.63) is 36.0 Å². The highest BCUT2D eigenvalue weighted by Crippen LogP contribution is 2.24. The Kier molecular flexibility index (Phi) is 4.02. The van der Waals surface area contributed by atoms with Gasteiger partial charge in [0.25, 0.3) is 0 Å². The van der Waals surface area contributed by atoms with Crippen LogP contribution >= 0.6 is 0 Å². The van der Waals surface area contributed by atoms with Gasteiger partial charge in [-0.05, 0) is 37.6 Å². The van der Waals surface area contributed by atoms with E-state index in [-0.39, 0.29) is 11.3 Å². The maximum absolute atomic E-state index is 12.4. The zero-order valence-corrected chi connectivity index (χ0v) is 12.1. The molecule has 6 heteroatoms. The Bertz CT molecular complexity index is 779. The highest BCUT2D eigenvalue weighted by atomic mass is 32.2. The molecule has 20 heavy (non-hydrogen) atoms. The topological polar surface area (TPSA) is 82.9 Å². The summed E-state index contributed by atoms with van der Waals surface area (Å²) in [5.41, 5.74) is 1.59. The van der Waals surface area contributed by atoms with Crippen molar-refractivity contribution >= 4 is 20.9 Å². The smallest absolute Gasteiger partial charge is 0.241 e. The van der Waals surface area contributed by atoms with Gasteiger partial charge < -0.3 is 0 Å². The molecule has 1 aromatic carbocycles. The summed E-state index contributed by atoms with van der Waals surface area (Å²) < 4.78 is 27.3. The van der Waals surface area contributed by atoms with E-state index in [0.717, 1.165) is 5.56 Å². The molecule has 1 heterocycles. The van der Waals surface area contributed by atoms with E-state index in [1.165, 1.54) is 0 Å². The Morgan fingerprint density at radius 3 is 2.85 bits per heavy atom. The number of aryl methyl sites for hydroxylation is 1. The summed E-state index contributed by atoms with van der Waals surface area (Å²) in [4.78, 5) is 4.42. The van der Waals surface area contributed by atoms with Gasteiger partial charge >= 0.3 is 0 Å². The fourth-order valence-electron chi connectivity index (χ4n) is 2.03. The van der Waals surface area contributed by atoms with Crippen molar-refractivity contribution in [1.82, 2.24) is 9.71 Å². The van der Waals surface area contributed by atoms with E-state index in [9.17, 15) is 8.42 Å². The van der Waals surface area contributed by atoms with E-state index in [2.05, 4.69) is 9.71 Å². The molecule has 0 aliphatic heterocycles. The second kappa shape index (κ2) is 5.57. The average molecular weight is 289 g/mol. The molecule has 0 fully saturated rings. The standard InChI is InChI=1S/C14H15N3O2S/c1-10-5-6-13(12-4-3-9-16-14(10)12)20(18,19)17-11(2)7-8-15/h3-6,9,11,17H,7H2,1-2H3. The molecular weight excluding hydrogens is 274 g/mol. The molecule has 1 N–H and O–H groups in total. The van der Waals surface area contributed by atoms with Crippen molar-refractivity contribution in [3.63, 3.8) is 0 Å². The molecule has 104 valence electrons. The highest BCUT2D eigenvalue weighted by Gasteiger charge is 2.20. The summed E-state index contributed by atoms with van der Waals surface area (Å²) in [6.45, 7) is 3.55. The lowest BCUT2D eigenvalue weighted by Gasteiger charge is -2.13. The number of hydrogen-bond donors (Lipinski definition) is 1. The van der Waals surface area contributed by atoms with Gasteiger partial charge in [-0.25, -0.2) is 13.1 Å². The minimum Gasteiger partial charge on any atom is -0.256 e. The van der Waals surface area contributed by atoms with Crippen molar-refractivity contribution in [2.24, 2.45) is 0 Å². The zero-order valence-electron chi connectivity index (χ0n) is 11.3. The van der Waals surface area contributed by atoms with Gasteiger partial charge in [0, 0.05) is 17.6 Å². The molecular formula is C14H15N3O2S. The van der Waals surface area contributed by atoms with E-state index in [1.807, 2.05) is 13.0 Å². The average Bonchev–Trinajstić information content (AvgIpc) is 2.38. The van der Waals surface area contributed by atoms with Crippen LogP contribution in [0.2, 0.25) is 0 Å². The van der Waals surface area contributed by atoms with Gasteiger partial charge in [-0.2, -0.15) is 5.26 Å². The molecule has 2 aromatic rings. The normalized spacial score (nSPS) is 13.1. The SMILES string of the molecule is Cc1ccc(S(=O)(=O)NC(C)CC#N)c2cccnc12. The van der Waals surface area contributed by atoms with E-state index >= 15 is 0 Å². The summed E-state index contributed by atoms with van der Waals surface area (Å²) in [7, 11) is -3.67. The number of benzene rings is 1. The molecule has 0 spiro atoms. The van der Waals surface area contributed by atoms with E-state index in [4.69, 9.17) is 5.26 Å². The molecule has 2 rings (SSSR count). The third-order valence-corrected chi connectivity index (χ3v) is 4.62. The number of aromatic nitrogens is 1. The third kappa shape index (κ3) is 2.79. The van der Waals surface area contributed by atoms with Crippen molar-refractivity contribution in [2.45, 2.75) is 31.2 Å². The molecule has 0 aliphatic carbocycles. The second-order valence-corrected chi connectivity index (χ2v) is 6.35. The minimum atomic E-state index is -3.67. The Labute approximate surface area is 118 Å². The summed E-state index contributed by atoms with van der Waals surface area (Å²) in [5, 5.41) is 9.20. The lowest BCUT2D eigenvalue weighted by Crippen LogP contribution is -2.32. The number of nitriles is 1. The van der Waals surface area contributed by atoms with E-state index < -0.39 is 16.1 Å². The van der Waals surface area contributed by atoms with Crippen LogP contribution in [0.25, 0.3) is 10.9 Å². The van der Waals surface area contributed by atoms with Crippen LogP contribution in [0.1, 0.15) is 18.9 Å². The number of nitrogens with zero attached hydrogens (tertiary/aromatic N) is 2. The van der Waals surface area contributed by atoms with Gasteiger partial charge in [0.05, 0.1) is 22.9 Å². The van der Waals surface area contributed by atoms with Crippen molar-refractivity contribution < 1.29 is 8.42 Å². The number of hydrogen-bond acceptors (Lipinski definition) is 4. The summed E-state index contributed by atoms with van der Waals surface area (Å²) in [6.07, 6.45) is 1.76. The van der Waals surface area contributed by atoms with Crippen LogP contribution in [0.5, 0.6) is 0 Å². The van der Waals surface area contributed by atoms with Crippen LogP contribution < -0.4 is 4.72 Å². The predicted octanol–water partition coefficient (Wildman–Crippen LogP) is 2.12. The molecule has 0 amide bonds. The first-order valence-corrected chi connectivity index (χ1v) is 7.67. The molecule has 0 saturated carbocycles. The van der Waals surface area contributed by atoms with Crippen LogP contribution in [0.3, 0.4) is 0 Å². The second-order valence-electron chi connectivity index (χ2n) is 4.66. The van der Waals surface area contributed by atoms with Crippen LogP contribution in [0.15, 0.2) is 35.4 Å². The first-order valence-electron chi connectivity index (χ1n) is 6.19. The van der Waals surface area contributed by atoms with Gasteiger partial charge in [0.15, 0.2) is 0 Å². The lowest BCUT2D eigenvalue weighted by molar-refractivity contribution is 0.564. The first-order chi connectivity index (χ1) is 9.45. The molecule has 1 unspecified atom stereocenters. The molecule has 0 radical (unpaired) electrons. The van der Waals surface area contributed by atoms with Crippen LogP contribution in [-0.2, 0) is 10.0 Å². The number of pyridine rings is 1. The Hall–Kier alpha value is -1.97. The fraction of sp³-hybridized carbons (Fsp3) is 0.286. The van der Waals surface area contributed by atoms with Crippen LogP contribution in [0.4, 0.5) is 0 Å². The fourth-order valence-corrected chi connectivity index (χ4v) is 3.47. The summed E-state index contributed by atoms with van der Waals surface area (Å²) in [5.74, 6) is 0. The molecule has 0 aliphatic rings. The Morgan fingerprint density at radius 1 is 1.40 bits per heavy atom. The van der Waals surface area contributed by atoms with Crippen LogP contribution in [-0.4, -0.2) is 19.4 Å². The molecule has 1 atom stereocenters. The number of rotatable bonds is 4. The maximum atomic E-state index is 12.4. The van der Waals surface area contributed by atoms with Crippen molar-refractivity contribution in [1.29, 1.82) is 5.26 Å². The first kappa shape index (κ1) is 14.4. The Balaban J connectivity index is 2.53. The number of sulfonamides is 1. The summed E-state index contributed by atoms with van der Waals surface area (Å²) >= 11 is 0. The predicted molar refractivity (Wildman–Crippen MR) is 76.5 cm³/mol. The Morgan fingerprint density at radius 2 is 2.15 bits per heavy atom. The summed E-state index contributed by atoms with van der Waals surface area (Å²) in [6, 6.07) is 8.26. The quantitative estimate of drug-likeness (QED) is 0.934. The highest BCUT2D eigenvalue weighted by molar-refractivity contribution is 7.89. The molecule has 0 bridgehead atoms.